The smallest absolute Gasteiger partial charge is 0.308 e. The fourth-order valence-corrected chi connectivity index (χ4v) is 3.54. The number of nitrogens with zero attached hydrogens (tertiary/aromatic N) is 1. The number of hydrogen-bond acceptors (Lipinski definition) is 4. The number of aliphatic carboxylic acids is 1. The minimum atomic E-state index is -0.855. The van der Waals surface area contributed by atoms with Crippen molar-refractivity contribution in [3.05, 3.63) is 60.2 Å². The minimum absolute atomic E-state index is 0.0250. The maximum atomic E-state index is 12.5. The van der Waals surface area contributed by atoms with Crippen LogP contribution in [0.25, 0.3) is 0 Å². The van der Waals surface area contributed by atoms with E-state index in [-0.39, 0.29) is 18.4 Å². The number of benzene rings is 2. The molecule has 1 N–H and O–H groups in total. The van der Waals surface area contributed by atoms with Crippen LogP contribution in [0.2, 0.25) is 0 Å². The molecule has 2 aromatic carbocycles. The highest BCUT2D eigenvalue weighted by molar-refractivity contribution is 5.79. The first-order valence-corrected chi connectivity index (χ1v) is 9.41. The maximum absolute atomic E-state index is 12.5. The van der Waals surface area contributed by atoms with Gasteiger partial charge in [0, 0.05) is 25.4 Å². The predicted molar refractivity (Wildman–Crippen MR) is 105 cm³/mol. The average Bonchev–Trinajstić information content (AvgIpc) is 3.18. The van der Waals surface area contributed by atoms with Crippen LogP contribution in [-0.2, 0) is 9.59 Å². The van der Waals surface area contributed by atoms with Crippen molar-refractivity contribution in [2.45, 2.75) is 18.8 Å². The Labute approximate surface area is 164 Å². The van der Waals surface area contributed by atoms with E-state index >= 15 is 0 Å². The number of methoxy groups -OCH3 is 1. The Hall–Kier alpha value is -3.02. The van der Waals surface area contributed by atoms with Crippen molar-refractivity contribution in [3.63, 3.8) is 0 Å². The van der Waals surface area contributed by atoms with E-state index < -0.39 is 11.9 Å². The Kier molecular flexibility index (Phi) is 6.53. The van der Waals surface area contributed by atoms with E-state index in [9.17, 15) is 14.7 Å². The molecule has 0 spiro atoms. The summed E-state index contributed by atoms with van der Waals surface area (Å²) in [6, 6.07) is 16.8. The highest BCUT2D eigenvalue weighted by Gasteiger charge is 2.40. The Morgan fingerprint density at radius 3 is 2.36 bits per heavy atom. The number of carbonyl (C=O) groups excluding carboxylic acids is 1. The summed E-state index contributed by atoms with van der Waals surface area (Å²) in [5.74, 6) is -0.128. The summed E-state index contributed by atoms with van der Waals surface area (Å²) in [5, 5.41) is 9.56. The molecule has 0 saturated carbocycles. The van der Waals surface area contributed by atoms with Gasteiger partial charge in [0.2, 0.25) is 5.91 Å². The van der Waals surface area contributed by atoms with Crippen LogP contribution < -0.4 is 9.47 Å². The van der Waals surface area contributed by atoms with Gasteiger partial charge in [-0.25, -0.2) is 0 Å². The molecule has 1 amide bonds. The summed E-state index contributed by atoms with van der Waals surface area (Å²) >= 11 is 0. The van der Waals surface area contributed by atoms with E-state index in [2.05, 4.69) is 0 Å². The van der Waals surface area contributed by atoms with E-state index in [1.165, 1.54) is 0 Å². The zero-order valence-electron chi connectivity index (χ0n) is 15.9. The number of likely N-dealkylation sites (tertiary alicyclic amines) is 1. The molecule has 2 atom stereocenters. The molecule has 1 saturated heterocycles. The van der Waals surface area contributed by atoms with Crippen molar-refractivity contribution in [1.29, 1.82) is 0 Å². The number of amides is 1. The minimum Gasteiger partial charge on any atom is -0.497 e. The van der Waals surface area contributed by atoms with Crippen molar-refractivity contribution < 1.29 is 24.2 Å². The van der Waals surface area contributed by atoms with Crippen LogP contribution in [0.4, 0.5) is 0 Å². The SMILES string of the molecule is COc1ccc(OCCCC(=O)N2C[C@H](C(=O)O)[C@H](c3ccccc3)C2)cc1. The molecule has 1 heterocycles. The molecule has 148 valence electrons. The number of carboxylic acid groups (broad SMARTS) is 1. The Morgan fingerprint density at radius 2 is 1.71 bits per heavy atom. The largest absolute Gasteiger partial charge is 0.497 e. The first-order chi connectivity index (χ1) is 13.6. The molecular weight excluding hydrogens is 358 g/mol. The van der Waals surface area contributed by atoms with Crippen LogP contribution in [0, 0.1) is 5.92 Å². The summed E-state index contributed by atoms with van der Waals surface area (Å²) in [6.45, 7) is 1.13. The third-order valence-electron chi connectivity index (χ3n) is 5.08. The highest BCUT2D eigenvalue weighted by Crippen LogP contribution is 2.33. The first-order valence-electron chi connectivity index (χ1n) is 9.41. The monoisotopic (exact) mass is 383 g/mol. The average molecular weight is 383 g/mol. The van der Waals surface area contributed by atoms with E-state index in [0.29, 0.717) is 26.0 Å². The van der Waals surface area contributed by atoms with Crippen molar-refractivity contribution in [1.82, 2.24) is 4.90 Å². The molecular formula is C22H25NO5. The summed E-state index contributed by atoms with van der Waals surface area (Å²) in [4.78, 5) is 25.9. The molecule has 0 unspecified atom stereocenters. The van der Waals surface area contributed by atoms with Crippen LogP contribution in [-0.4, -0.2) is 48.7 Å². The van der Waals surface area contributed by atoms with Gasteiger partial charge >= 0.3 is 5.97 Å². The first kappa shape index (κ1) is 19.7. The molecule has 0 bridgehead atoms. The number of carbonyl (C=O) groups is 2. The zero-order chi connectivity index (χ0) is 19.9. The van der Waals surface area contributed by atoms with E-state index in [1.807, 2.05) is 54.6 Å². The molecule has 2 aromatic rings. The van der Waals surface area contributed by atoms with Crippen LogP contribution in [0.5, 0.6) is 11.5 Å². The van der Waals surface area contributed by atoms with Gasteiger partial charge in [0.15, 0.2) is 0 Å². The van der Waals surface area contributed by atoms with Crippen molar-refractivity contribution >= 4 is 11.9 Å². The van der Waals surface area contributed by atoms with Gasteiger partial charge in [-0.05, 0) is 36.2 Å². The quantitative estimate of drug-likeness (QED) is 0.709. The summed E-state index contributed by atoms with van der Waals surface area (Å²) < 4.78 is 10.7. The fourth-order valence-electron chi connectivity index (χ4n) is 3.54. The second-order valence-electron chi connectivity index (χ2n) is 6.89. The Balaban J connectivity index is 1.49. The number of rotatable bonds is 8. The lowest BCUT2D eigenvalue weighted by Gasteiger charge is -2.16. The van der Waals surface area contributed by atoms with E-state index in [4.69, 9.17) is 9.47 Å². The molecule has 28 heavy (non-hydrogen) atoms. The van der Waals surface area contributed by atoms with Crippen LogP contribution >= 0.6 is 0 Å². The van der Waals surface area contributed by atoms with Gasteiger partial charge in [-0.15, -0.1) is 0 Å². The topological polar surface area (TPSA) is 76.1 Å². The van der Waals surface area contributed by atoms with Crippen LogP contribution in [0.3, 0.4) is 0 Å². The van der Waals surface area contributed by atoms with Gasteiger partial charge in [-0.3, -0.25) is 9.59 Å². The van der Waals surface area contributed by atoms with Gasteiger partial charge < -0.3 is 19.5 Å². The molecule has 0 aromatic heterocycles. The third kappa shape index (κ3) is 4.82. The zero-order valence-corrected chi connectivity index (χ0v) is 15.9. The molecule has 0 radical (unpaired) electrons. The molecule has 6 nitrogen and oxygen atoms in total. The maximum Gasteiger partial charge on any atom is 0.308 e. The van der Waals surface area contributed by atoms with E-state index in [0.717, 1.165) is 17.1 Å². The predicted octanol–water partition coefficient (Wildman–Crippen LogP) is 3.18. The highest BCUT2D eigenvalue weighted by atomic mass is 16.5. The Bertz CT molecular complexity index is 790. The van der Waals surface area contributed by atoms with Crippen molar-refractivity contribution in [2.75, 3.05) is 26.8 Å². The van der Waals surface area contributed by atoms with Gasteiger partial charge in [0.05, 0.1) is 19.6 Å². The Morgan fingerprint density at radius 1 is 1.04 bits per heavy atom. The molecule has 1 aliphatic rings. The summed E-state index contributed by atoms with van der Waals surface area (Å²) in [6.07, 6.45) is 0.916. The summed E-state index contributed by atoms with van der Waals surface area (Å²) in [7, 11) is 1.61. The number of carboxylic acids is 1. The fraction of sp³-hybridized carbons (Fsp3) is 0.364. The molecule has 1 aliphatic heterocycles. The summed E-state index contributed by atoms with van der Waals surface area (Å²) in [5.41, 5.74) is 0.966. The number of ether oxygens (including phenoxy) is 2. The van der Waals surface area contributed by atoms with Gasteiger partial charge in [0.1, 0.15) is 11.5 Å². The van der Waals surface area contributed by atoms with E-state index in [1.54, 1.807) is 12.0 Å². The van der Waals surface area contributed by atoms with Gasteiger partial charge in [0.25, 0.3) is 0 Å². The van der Waals surface area contributed by atoms with Gasteiger partial charge in [-0.2, -0.15) is 0 Å². The second kappa shape index (κ2) is 9.26. The molecule has 0 aliphatic carbocycles. The standard InChI is InChI=1S/C22H25NO5/c1-27-17-9-11-18(12-10-17)28-13-5-8-21(24)23-14-19(20(15-23)22(25)26)16-6-3-2-4-7-16/h2-4,6-7,9-12,19-20H,5,8,13-15H2,1H3,(H,25,26)/t19-,20-/m0/s1. The van der Waals surface area contributed by atoms with Crippen LogP contribution in [0.1, 0.15) is 24.3 Å². The van der Waals surface area contributed by atoms with Crippen molar-refractivity contribution in [3.8, 4) is 11.5 Å². The van der Waals surface area contributed by atoms with Gasteiger partial charge in [-0.1, -0.05) is 30.3 Å². The second-order valence-corrected chi connectivity index (χ2v) is 6.89. The molecule has 1 fully saturated rings. The lowest BCUT2D eigenvalue weighted by Crippen LogP contribution is -2.30. The normalized spacial score (nSPS) is 18.7. The van der Waals surface area contributed by atoms with Crippen LogP contribution in [0.15, 0.2) is 54.6 Å². The lowest BCUT2D eigenvalue weighted by molar-refractivity contribution is -0.141. The molecule has 6 heteroatoms. The molecule has 3 rings (SSSR count). The number of hydrogen-bond donors (Lipinski definition) is 1. The third-order valence-corrected chi connectivity index (χ3v) is 5.08. The van der Waals surface area contributed by atoms with Crippen molar-refractivity contribution in [2.24, 2.45) is 5.92 Å². The lowest BCUT2D eigenvalue weighted by atomic mass is 9.89.